The third-order valence-electron chi connectivity index (χ3n) is 1.58. The molecule has 1 aromatic rings. The fourth-order valence-electron chi connectivity index (χ4n) is 1.09. The summed E-state index contributed by atoms with van der Waals surface area (Å²) in [6.07, 6.45) is -1.43. The van der Waals surface area contributed by atoms with Crippen LogP contribution in [0.1, 0.15) is 0 Å². The van der Waals surface area contributed by atoms with E-state index in [1.54, 1.807) is 10.8 Å². The van der Waals surface area contributed by atoms with Crippen molar-refractivity contribution in [3.63, 3.8) is 0 Å². The molecule has 0 bridgehead atoms. The lowest BCUT2D eigenvalue weighted by Crippen LogP contribution is -2.25. The highest BCUT2D eigenvalue weighted by Gasteiger charge is 2.26. The normalized spacial score (nSPS) is 12.8. The number of hydrogen-bond acceptors (Lipinski definition) is 4. The minimum atomic E-state index is -4.36. The molecule has 0 amide bonds. The molecule has 0 radical (unpaired) electrons. The predicted molar refractivity (Wildman–Crippen MR) is 60.6 cm³/mol. The molecule has 0 saturated carbocycles. The van der Waals surface area contributed by atoms with Gasteiger partial charge < -0.3 is 24.5 Å². The van der Waals surface area contributed by atoms with E-state index in [2.05, 4.69) is 0 Å². The zero-order valence-electron chi connectivity index (χ0n) is 8.00. The summed E-state index contributed by atoms with van der Waals surface area (Å²) in [6, 6.07) is 1.54. The molecule has 7 nitrogen and oxygen atoms in total. The van der Waals surface area contributed by atoms with E-state index in [1.807, 2.05) is 0 Å². The van der Waals surface area contributed by atoms with Crippen LogP contribution in [-0.2, 0) is 9.13 Å². The van der Waals surface area contributed by atoms with Gasteiger partial charge in [-0.2, -0.15) is 11.3 Å². The van der Waals surface area contributed by atoms with Crippen LogP contribution in [0, 0.1) is 0 Å². The smallest absolute Gasteiger partial charge is 0.344 e. The van der Waals surface area contributed by atoms with Gasteiger partial charge in [0.05, 0.1) is 0 Å². The van der Waals surface area contributed by atoms with Gasteiger partial charge in [0.1, 0.15) is 12.6 Å². The van der Waals surface area contributed by atoms with Gasteiger partial charge in [-0.05, 0) is 11.4 Å². The Labute approximate surface area is 95.7 Å². The molecule has 1 aromatic heterocycles. The molecule has 1 rings (SSSR count). The fourth-order valence-corrected chi connectivity index (χ4v) is 3.33. The largest absolute Gasteiger partial charge is 0.347 e. The van der Waals surface area contributed by atoms with Gasteiger partial charge >= 0.3 is 15.2 Å². The van der Waals surface area contributed by atoms with E-state index in [1.165, 1.54) is 17.4 Å². The van der Waals surface area contributed by atoms with Crippen LogP contribution < -0.4 is 4.90 Å². The third-order valence-corrected chi connectivity index (χ3v) is 3.67. The predicted octanol–water partition coefficient (Wildman–Crippen LogP) is 0.825. The summed E-state index contributed by atoms with van der Waals surface area (Å²) in [5.41, 5.74) is 0.386. The third kappa shape index (κ3) is 5.23. The molecular weight excluding hydrogens is 276 g/mol. The second-order valence-electron chi connectivity index (χ2n) is 3.13. The second kappa shape index (κ2) is 4.98. The maximum atomic E-state index is 10.8. The summed E-state index contributed by atoms with van der Waals surface area (Å²) in [5, 5.41) is 3.22. The van der Waals surface area contributed by atoms with Crippen molar-refractivity contribution in [3.05, 3.63) is 16.8 Å². The van der Waals surface area contributed by atoms with Crippen molar-refractivity contribution in [2.45, 2.75) is 0 Å². The van der Waals surface area contributed by atoms with E-state index in [-0.39, 0.29) is 0 Å². The van der Waals surface area contributed by atoms with Crippen LogP contribution in [0.15, 0.2) is 16.8 Å². The number of thiophene rings is 1. The minimum Gasteiger partial charge on any atom is -0.347 e. The Kier molecular flexibility index (Phi) is 4.31. The Bertz CT molecular complexity index is 398. The van der Waals surface area contributed by atoms with Gasteiger partial charge in [-0.15, -0.1) is 0 Å². The number of anilines is 1. The minimum absolute atomic E-state index is 0.386. The summed E-state index contributed by atoms with van der Waals surface area (Å²) in [4.78, 5) is 36.2. The van der Waals surface area contributed by atoms with Crippen LogP contribution in [0.4, 0.5) is 5.69 Å². The lowest BCUT2D eigenvalue weighted by Gasteiger charge is -2.23. The van der Waals surface area contributed by atoms with Crippen LogP contribution >= 0.6 is 26.5 Å². The highest BCUT2D eigenvalue weighted by atomic mass is 32.1. The molecule has 16 heavy (non-hydrogen) atoms. The van der Waals surface area contributed by atoms with Crippen molar-refractivity contribution < 1.29 is 28.7 Å². The molecule has 0 saturated heterocycles. The van der Waals surface area contributed by atoms with E-state index >= 15 is 0 Å². The molecule has 0 fully saturated rings. The highest BCUT2D eigenvalue weighted by Crippen LogP contribution is 2.42. The summed E-state index contributed by atoms with van der Waals surface area (Å²) in [7, 11) is -8.72. The monoisotopic (exact) mass is 287 g/mol. The molecule has 0 aliphatic rings. The number of nitrogens with zero attached hydrogens (tertiary/aromatic N) is 1. The fraction of sp³-hybridized carbons (Fsp3) is 0.333. The van der Waals surface area contributed by atoms with Crippen molar-refractivity contribution in [2.24, 2.45) is 0 Å². The Morgan fingerprint density at radius 2 is 1.62 bits per heavy atom. The van der Waals surface area contributed by atoms with Crippen LogP contribution in [0.25, 0.3) is 0 Å². The zero-order valence-corrected chi connectivity index (χ0v) is 10.6. The first-order valence-electron chi connectivity index (χ1n) is 4.04. The first kappa shape index (κ1) is 13.9. The molecule has 0 aliphatic heterocycles. The molecule has 0 aromatic carbocycles. The van der Waals surface area contributed by atoms with Crippen molar-refractivity contribution in [1.82, 2.24) is 0 Å². The van der Waals surface area contributed by atoms with Crippen molar-refractivity contribution in [3.8, 4) is 0 Å². The molecule has 1 heterocycles. The van der Waals surface area contributed by atoms with Gasteiger partial charge in [0.25, 0.3) is 0 Å². The molecule has 0 unspecified atom stereocenters. The van der Waals surface area contributed by atoms with Crippen molar-refractivity contribution in [1.29, 1.82) is 0 Å². The van der Waals surface area contributed by atoms with E-state index < -0.39 is 27.8 Å². The van der Waals surface area contributed by atoms with E-state index in [9.17, 15) is 9.13 Å². The van der Waals surface area contributed by atoms with Gasteiger partial charge in [-0.1, -0.05) is 0 Å². The first-order valence-corrected chi connectivity index (χ1v) is 8.57. The van der Waals surface area contributed by atoms with E-state index in [0.29, 0.717) is 5.69 Å². The summed E-state index contributed by atoms with van der Waals surface area (Å²) in [5.74, 6) is 0. The van der Waals surface area contributed by atoms with Crippen molar-refractivity contribution >= 4 is 32.2 Å². The molecule has 4 N–H and O–H groups in total. The average molecular weight is 287 g/mol. The summed E-state index contributed by atoms with van der Waals surface area (Å²) in [6.45, 7) is 0. The molecule has 0 aliphatic carbocycles. The lowest BCUT2D eigenvalue weighted by molar-refractivity contribution is 0.366. The Morgan fingerprint density at radius 1 is 1.12 bits per heavy atom. The summed E-state index contributed by atoms with van der Waals surface area (Å²) >= 11 is 1.27. The lowest BCUT2D eigenvalue weighted by atomic mass is 10.5. The number of rotatable bonds is 5. The Balaban J connectivity index is 2.87. The quantitative estimate of drug-likeness (QED) is 0.592. The van der Waals surface area contributed by atoms with Crippen LogP contribution in [0.5, 0.6) is 0 Å². The van der Waals surface area contributed by atoms with Crippen LogP contribution in [0.2, 0.25) is 0 Å². The standard InChI is InChI=1S/C6H11NO6P2S/c8-14(9,10)4-7(5-15(11,12)13)6-1-2-16-3-6/h1-3H,4-5H2,(H2,8,9,10)(H2,11,12,13). The van der Waals surface area contributed by atoms with Gasteiger partial charge in [-0.3, -0.25) is 9.13 Å². The summed E-state index contributed by atoms with van der Waals surface area (Å²) < 4.78 is 21.7. The van der Waals surface area contributed by atoms with Crippen LogP contribution in [-0.4, -0.2) is 32.1 Å². The van der Waals surface area contributed by atoms with Gasteiger partial charge in [0, 0.05) is 11.1 Å². The van der Waals surface area contributed by atoms with Crippen molar-refractivity contribution in [2.75, 3.05) is 17.5 Å². The first-order chi connectivity index (χ1) is 7.17. The van der Waals surface area contributed by atoms with Crippen LogP contribution in [0.3, 0.4) is 0 Å². The maximum Gasteiger partial charge on any atom is 0.344 e. The SMILES string of the molecule is O=P(O)(O)CN(CP(=O)(O)O)c1ccsc1. The topological polar surface area (TPSA) is 118 Å². The number of hydrogen-bond donors (Lipinski definition) is 4. The molecule has 92 valence electrons. The molecular formula is C6H11NO6P2S. The Morgan fingerprint density at radius 3 is 1.94 bits per heavy atom. The Hall–Kier alpha value is -0.200. The average Bonchev–Trinajstić information content (AvgIpc) is 2.47. The van der Waals surface area contributed by atoms with Gasteiger partial charge in [0.15, 0.2) is 0 Å². The molecule has 0 atom stereocenters. The van der Waals surface area contributed by atoms with E-state index in [4.69, 9.17) is 19.6 Å². The molecule has 10 heteroatoms. The molecule has 0 spiro atoms. The highest BCUT2D eigenvalue weighted by molar-refractivity contribution is 7.53. The van der Waals surface area contributed by atoms with Gasteiger partial charge in [-0.25, -0.2) is 0 Å². The second-order valence-corrected chi connectivity index (χ2v) is 7.14. The van der Waals surface area contributed by atoms with E-state index in [0.717, 1.165) is 4.90 Å². The van der Waals surface area contributed by atoms with Gasteiger partial charge in [0.2, 0.25) is 0 Å². The zero-order chi connectivity index (χ0) is 12.4. The maximum absolute atomic E-state index is 10.8.